The summed E-state index contributed by atoms with van der Waals surface area (Å²) < 4.78 is 24.0. The standard InChI is InChI=1S/C17H28O5S2/c1-15(2,3)14(18)19-9-8-17(23-6,24-7)10-11(9)20-13-12(10)21-16(4,5)22-13/h9-13H,8H2,1-7H3/t9-,10+,11-,12-,13-/m1/s1. The van der Waals surface area contributed by atoms with Gasteiger partial charge in [0.2, 0.25) is 0 Å². The van der Waals surface area contributed by atoms with Crippen LogP contribution in [0.5, 0.6) is 0 Å². The molecule has 7 heteroatoms. The molecule has 2 saturated heterocycles. The lowest BCUT2D eigenvalue weighted by molar-refractivity contribution is -0.219. The average Bonchev–Trinajstić information content (AvgIpc) is 3.04. The summed E-state index contributed by atoms with van der Waals surface area (Å²) in [5.41, 5.74) is -0.525. The van der Waals surface area contributed by atoms with E-state index in [0.717, 1.165) is 6.42 Å². The molecule has 2 heterocycles. The van der Waals surface area contributed by atoms with Crippen molar-refractivity contribution in [1.29, 1.82) is 0 Å². The fourth-order valence-electron chi connectivity index (χ4n) is 3.83. The van der Waals surface area contributed by atoms with E-state index in [0.29, 0.717) is 0 Å². The molecule has 0 bridgehead atoms. The predicted octanol–water partition coefficient (Wildman–Crippen LogP) is 3.26. The van der Waals surface area contributed by atoms with Crippen molar-refractivity contribution in [3.05, 3.63) is 0 Å². The number of esters is 1. The Morgan fingerprint density at radius 3 is 2.29 bits per heavy atom. The first-order valence-electron chi connectivity index (χ1n) is 8.35. The summed E-state index contributed by atoms with van der Waals surface area (Å²) in [6.07, 6.45) is 4.03. The topological polar surface area (TPSA) is 54.0 Å². The molecule has 0 aromatic rings. The first-order chi connectivity index (χ1) is 11.0. The predicted molar refractivity (Wildman–Crippen MR) is 95.9 cm³/mol. The van der Waals surface area contributed by atoms with E-state index < -0.39 is 11.2 Å². The zero-order valence-electron chi connectivity index (χ0n) is 15.5. The Hall–Kier alpha value is 0.0500. The van der Waals surface area contributed by atoms with Gasteiger partial charge in [-0.1, -0.05) is 0 Å². The molecule has 24 heavy (non-hydrogen) atoms. The summed E-state index contributed by atoms with van der Waals surface area (Å²) in [6, 6.07) is 0. The lowest BCUT2D eigenvalue weighted by Gasteiger charge is -2.33. The molecule has 0 spiro atoms. The molecule has 1 saturated carbocycles. The van der Waals surface area contributed by atoms with Crippen molar-refractivity contribution in [2.45, 2.75) is 75.5 Å². The number of carbonyl (C=O) groups excluding carboxylic acids is 1. The van der Waals surface area contributed by atoms with E-state index >= 15 is 0 Å². The maximum absolute atomic E-state index is 12.4. The Morgan fingerprint density at radius 2 is 1.75 bits per heavy atom. The number of thioether (sulfide) groups is 2. The van der Waals surface area contributed by atoms with Gasteiger partial charge in [-0.3, -0.25) is 4.79 Å². The van der Waals surface area contributed by atoms with Crippen LogP contribution < -0.4 is 0 Å². The Labute approximate surface area is 152 Å². The van der Waals surface area contributed by atoms with Crippen LogP contribution in [0.3, 0.4) is 0 Å². The van der Waals surface area contributed by atoms with Crippen molar-refractivity contribution in [3.63, 3.8) is 0 Å². The van der Waals surface area contributed by atoms with Gasteiger partial charge in [0.25, 0.3) is 0 Å². The first-order valence-corrected chi connectivity index (χ1v) is 10.8. The zero-order chi connectivity index (χ0) is 17.9. The van der Waals surface area contributed by atoms with Gasteiger partial charge in [-0.05, 0) is 47.1 Å². The fraction of sp³-hybridized carbons (Fsp3) is 0.941. The van der Waals surface area contributed by atoms with Crippen LogP contribution in [0.4, 0.5) is 0 Å². The van der Waals surface area contributed by atoms with E-state index in [1.165, 1.54) is 0 Å². The second-order valence-corrected chi connectivity index (χ2v) is 10.7. The van der Waals surface area contributed by atoms with Crippen LogP contribution in [0.15, 0.2) is 0 Å². The average molecular weight is 377 g/mol. The highest BCUT2D eigenvalue weighted by atomic mass is 32.2. The molecule has 0 unspecified atom stereocenters. The molecular formula is C17H28O5S2. The van der Waals surface area contributed by atoms with Crippen LogP contribution in [-0.2, 0) is 23.7 Å². The van der Waals surface area contributed by atoms with Gasteiger partial charge in [-0.25, -0.2) is 0 Å². The number of hydrogen-bond donors (Lipinski definition) is 0. The molecule has 138 valence electrons. The normalized spacial score (nSPS) is 39.5. The fourth-order valence-corrected chi connectivity index (χ4v) is 6.24. The van der Waals surface area contributed by atoms with Crippen LogP contribution >= 0.6 is 23.5 Å². The summed E-state index contributed by atoms with van der Waals surface area (Å²) in [7, 11) is 0. The van der Waals surface area contributed by atoms with Crippen molar-refractivity contribution >= 4 is 29.5 Å². The Balaban J connectivity index is 1.86. The van der Waals surface area contributed by atoms with Gasteiger partial charge in [0.15, 0.2) is 12.1 Å². The second-order valence-electron chi connectivity index (χ2n) is 8.21. The van der Waals surface area contributed by atoms with Crippen molar-refractivity contribution in [2.75, 3.05) is 12.5 Å². The highest BCUT2D eigenvalue weighted by Crippen LogP contribution is 2.60. The Bertz CT molecular complexity index is 512. The lowest BCUT2D eigenvalue weighted by Crippen LogP contribution is -2.39. The Kier molecular flexibility index (Phi) is 4.74. The second kappa shape index (κ2) is 6.05. The highest BCUT2D eigenvalue weighted by Gasteiger charge is 2.68. The van der Waals surface area contributed by atoms with E-state index in [1.54, 1.807) is 23.5 Å². The molecule has 3 aliphatic rings. The van der Waals surface area contributed by atoms with Crippen LogP contribution in [-0.4, -0.2) is 52.9 Å². The van der Waals surface area contributed by atoms with Gasteiger partial charge in [0.1, 0.15) is 18.3 Å². The molecule has 3 rings (SSSR count). The van der Waals surface area contributed by atoms with Gasteiger partial charge in [0, 0.05) is 12.3 Å². The van der Waals surface area contributed by atoms with Crippen LogP contribution in [0.1, 0.15) is 41.0 Å². The smallest absolute Gasteiger partial charge is 0.311 e. The summed E-state index contributed by atoms with van der Waals surface area (Å²) >= 11 is 3.60. The number of rotatable bonds is 3. The minimum atomic E-state index is -0.636. The molecule has 0 aromatic carbocycles. The lowest BCUT2D eigenvalue weighted by atomic mass is 9.97. The summed E-state index contributed by atoms with van der Waals surface area (Å²) in [6.45, 7) is 9.44. The molecule has 3 fully saturated rings. The molecule has 1 aliphatic carbocycles. The number of fused-ring (bicyclic) bond motifs is 3. The van der Waals surface area contributed by atoms with Crippen LogP contribution in [0, 0.1) is 11.3 Å². The molecule has 0 N–H and O–H groups in total. The summed E-state index contributed by atoms with van der Waals surface area (Å²) in [4.78, 5) is 12.4. The van der Waals surface area contributed by atoms with Crippen molar-refractivity contribution in [3.8, 4) is 0 Å². The van der Waals surface area contributed by atoms with Gasteiger partial charge in [-0.2, -0.15) is 0 Å². The molecule has 5 nitrogen and oxygen atoms in total. The summed E-state index contributed by atoms with van der Waals surface area (Å²) in [5, 5.41) is 0. The minimum Gasteiger partial charge on any atom is -0.459 e. The zero-order valence-corrected chi connectivity index (χ0v) is 17.1. The van der Waals surface area contributed by atoms with E-state index in [2.05, 4.69) is 12.5 Å². The van der Waals surface area contributed by atoms with Crippen LogP contribution in [0.25, 0.3) is 0 Å². The van der Waals surface area contributed by atoms with E-state index in [4.69, 9.17) is 18.9 Å². The van der Waals surface area contributed by atoms with Gasteiger partial charge < -0.3 is 18.9 Å². The molecule has 5 atom stereocenters. The minimum absolute atomic E-state index is 0.101. The third-order valence-electron chi connectivity index (χ3n) is 5.01. The number of hydrogen-bond acceptors (Lipinski definition) is 7. The molecule has 0 amide bonds. The van der Waals surface area contributed by atoms with E-state index in [9.17, 15) is 4.79 Å². The van der Waals surface area contributed by atoms with Crippen molar-refractivity contribution in [1.82, 2.24) is 0 Å². The SMILES string of the molecule is CSC1(SC)C[C@@H](OC(=O)C(C)(C)C)[C@H]2O[C@@H]3OC(C)(C)O[C@@H]3[C@H]21. The van der Waals surface area contributed by atoms with E-state index in [1.807, 2.05) is 34.6 Å². The van der Waals surface area contributed by atoms with Gasteiger partial charge >= 0.3 is 5.97 Å². The maximum atomic E-state index is 12.4. The largest absolute Gasteiger partial charge is 0.459 e. The molecule has 0 aromatic heterocycles. The van der Waals surface area contributed by atoms with Crippen LogP contribution in [0.2, 0.25) is 0 Å². The maximum Gasteiger partial charge on any atom is 0.311 e. The molecule has 2 aliphatic heterocycles. The molecular weight excluding hydrogens is 348 g/mol. The van der Waals surface area contributed by atoms with Crippen molar-refractivity contribution < 1.29 is 23.7 Å². The van der Waals surface area contributed by atoms with Crippen molar-refractivity contribution in [2.24, 2.45) is 11.3 Å². The number of ether oxygens (including phenoxy) is 4. The quantitative estimate of drug-likeness (QED) is 0.553. The van der Waals surface area contributed by atoms with E-state index in [-0.39, 0.29) is 40.6 Å². The monoisotopic (exact) mass is 376 g/mol. The highest BCUT2D eigenvalue weighted by molar-refractivity contribution is 8.17. The molecule has 0 radical (unpaired) electrons. The van der Waals surface area contributed by atoms with Gasteiger partial charge in [0.05, 0.1) is 9.49 Å². The number of carbonyl (C=O) groups is 1. The summed E-state index contributed by atoms with van der Waals surface area (Å²) in [5.74, 6) is -0.692. The first kappa shape index (κ1) is 18.8. The third kappa shape index (κ3) is 3.00. The third-order valence-corrected chi connectivity index (χ3v) is 8.27. The Morgan fingerprint density at radius 1 is 1.12 bits per heavy atom. The van der Waals surface area contributed by atoms with Gasteiger partial charge in [-0.15, -0.1) is 23.5 Å².